The number of benzene rings is 2. The molecule has 0 fully saturated rings. The highest BCUT2D eigenvalue weighted by atomic mass is 16.6. The van der Waals surface area contributed by atoms with Crippen LogP contribution >= 0.6 is 0 Å². The van der Waals surface area contributed by atoms with Gasteiger partial charge in [0.15, 0.2) is 0 Å². The Balaban J connectivity index is 1.53. The Kier molecular flexibility index (Phi) is 5.33. The highest BCUT2D eigenvalue weighted by Gasteiger charge is 2.18. The van der Waals surface area contributed by atoms with Crippen molar-refractivity contribution in [3.63, 3.8) is 0 Å². The zero-order chi connectivity index (χ0) is 17.6. The zero-order valence-corrected chi connectivity index (χ0v) is 14.5. The standard InChI is InChI=1S/C20H22N2O3/c1-15-14-19(21-25-15)16-8-10-17(11-9-16)20(23)22(2)12-13-24-18-6-4-3-5-7-18/h3-11,15H,12-14H2,1-2H3. The highest BCUT2D eigenvalue weighted by Crippen LogP contribution is 2.17. The van der Waals surface area contributed by atoms with Gasteiger partial charge >= 0.3 is 0 Å². The summed E-state index contributed by atoms with van der Waals surface area (Å²) in [6.07, 6.45) is 0.913. The molecule has 0 N–H and O–H groups in total. The average molecular weight is 338 g/mol. The van der Waals surface area contributed by atoms with Crippen LogP contribution < -0.4 is 4.74 Å². The van der Waals surface area contributed by atoms with Crippen LogP contribution in [0.1, 0.15) is 29.3 Å². The number of hydrogen-bond donors (Lipinski definition) is 0. The first kappa shape index (κ1) is 17.0. The average Bonchev–Trinajstić information content (AvgIpc) is 3.08. The van der Waals surface area contributed by atoms with Gasteiger partial charge in [0.05, 0.1) is 12.3 Å². The van der Waals surface area contributed by atoms with Crippen LogP contribution in [0.2, 0.25) is 0 Å². The van der Waals surface area contributed by atoms with Gasteiger partial charge in [-0.3, -0.25) is 4.79 Å². The topological polar surface area (TPSA) is 51.1 Å². The van der Waals surface area contributed by atoms with Gasteiger partial charge in [-0.1, -0.05) is 35.5 Å². The Morgan fingerprint density at radius 2 is 1.92 bits per heavy atom. The maximum absolute atomic E-state index is 12.5. The van der Waals surface area contributed by atoms with Crippen LogP contribution in [0.25, 0.3) is 0 Å². The lowest BCUT2D eigenvalue weighted by atomic mass is 10.0. The molecule has 1 unspecified atom stereocenters. The molecule has 0 saturated carbocycles. The minimum absolute atomic E-state index is 0.0267. The van der Waals surface area contributed by atoms with Crippen molar-refractivity contribution in [3.05, 3.63) is 65.7 Å². The van der Waals surface area contributed by atoms with E-state index in [4.69, 9.17) is 9.57 Å². The first-order valence-electron chi connectivity index (χ1n) is 8.40. The van der Waals surface area contributed by atoms with Gasteiger partial charge in [-0.05, 0) is 36.8 Å². The van der Waals surface area contributed by atoms with E-state index in [0.29, 0.717) is 18.7 Å². The number of hydrogen-bond acceptors (Lipinski definition) is 4. The molecular formula is C20H22N2O3. The summed E-state index contributed by atoms with van der Waals surface area (Å²) in [6.45, 7) is 2.96. The molecule has 1 atom stereocenters. The molecule has 1 aliphatic heterocycles. The van der Waals surface area contributed by atoms with E-state index in [1.54, 1.807) is 11.9 Å². The molecule has 5 nitrogen and oxygen atoms in total. The maximum atomic E-state index is 12.5. The molecule has 0 aliphatic carbocycles. The molecule has 2 aromatic carbocycles. The summed E-state index contributed by atoms with van der Waals surface area (Å²) in [7, 11) is 1.78. The molecule has 130 valence electrons. The summed E-state index contributed by atoms with van der Waals surface area (Å²) in [4.78, 5) is 19.4. The van der Waals surface area contributed by atoms with Gasteiger partial charge in [-0.25, -0.2) is 0 Å². The van der Waals surface area contributed by atoms with E-state index < -0.39 is 0 Å². The molecule has 1 aliphatic rings. The van der Waals surface area contributed by atoms with Gasteiger partial charge in [0, 0.05) is 19.0 Å². The van der Waals surface area contributed by atoms with Crippen LogP contribution in [0.15, 0.2) is 59.8 Å². The molecule has 3 rings (SSSR count). The fourth-order valence-electron chi connectivity index (χ4n) is 2.62. The Morgan fingerprint density at radius 3 is 2.56 bits per heavy atom. The molecule has 1 heterocycles. The predicted octanol–water partition coefficient (Wildman–Crippen LogP) is 3.35. The second-order valence-corrected chi connectivity index (χ2v) is 6.12. The fraction of sp³-hybridized carbons (Fsp3) is 0.300. The van der Waals surface area contributed by atoms with Crippen molar-refractivity contribution in [3.8, 4) is 5.75 Å². The first-order chi connectivity index (χ1) is 12.1. The smallest absolute Gasteiger partial charge is 0.253 e. The van der Waals surface area contributed by atoms with Gasteiger partial charge in [-0.2, -0.15) is 0 Å². The fourth-order valence-corrected chi connectivity index (χ4v) is 2.62. The number of likely N-dealkylation sites (N-methyl/N-ethyl adjacent to an activating group) is 1. The predicted molar refractivity (Wildman–Crippen MR) is 97.0 cm³/mol. The summed E-state index contributed by atoms with van der Waals surface area (Å²) in [5.41, 5.74) is 2.57. The van der Waals surface area contributed by atoms with E-state index in [2.05, 4.69) is 5.16 Å². The summed E-state index contributed by atoms with van der Waals surface area (Å²) in [5, 5.41) is 4.07. The third kappa shape index (κ3) is 4.38. The number of rotatable bonds is 6. The second-order valence-electron chi connectivity index (χ2n) is 6.12. The van der Waals surface area contributed by atoms with E-state index in [1.165, 1.54) is 0 Å². The minimum atomic E-state index is -0.0267. The van der Waals surface area contributed by atoms with Gasteiger partial charge in [0.25, 0.3) is 5.91 Å². The van der Waals surface area contributed by atoms with Crippen molar-refractivity contribution >= 4 is 11.6 Å². The molecule has 25 heavy (non-hydrogen) atoms. The third-order valence-electron chi connectivity index (χ3n) is 4.07. The van der Waals surface area contributed by atoms with E-state index in [-0.39, 0.29) is 12.0 Å². The Bertz CT molecular complexity index is 741. The SMILES string of the molecule is CC1CC(c2ccc(C(=O)N(C)CCOc3ccccc3)cc2)=NO1. The van der Waals surface area contributed by atoms with E-state index >= 15 is 0 Å². The monoisotopic (exact) mass is 338 g/mol. The maximum Gasteiger partial charge on any atom is 0.253 e. The Hall–Kier alpha value is -2.82. The zero-order valence-electron chi connectivity index (χ0n) is 14.5. The normalized spacial score (nSPS) is 16.1. The summed E-state index contributed by atoms with van der Waals surface area (Å²) >= 11 is 0. The van der Waals surface area contributed by atoms with Crippen molar-refractivity contribution in [1.82, 2.24) is 4.90 Å². The van der Waals surface area contributed by atoms with E-state index in [0.717, 1.165) is 23.4 Å². The molecule has 0 bridgehead atoms. The number of nitrogens with zero attached hydrogens (tertiary/aromatic N) is 2. The van der Waals surface area contributed by atoms with E-state index in [9.17, 15) is 4.79 Å². The minimum Gasteiger partial charge on any atom is -0.492 e. The Labute approximate surface area is 147 Å². The van der Waals surface area contributed by atoms with Crippen LogP contribution in [0.5, 0.6) is 5.75 Å². The van der Waals surface area contributed by atoms with Crippen molar-refractivity contribution < 1.29 is 14.4 Å². The number of oxime groups is 1. The first-order valence-corrected chi connectivity index (χ1v) is 8.40. The number of carbonyl (C=O) groups excluding carboxylic acids is 1. The molecule has 5 heteroatoms. The lowest BCUT2D eigenvalue weighted by Gasteiger charge is -2.17. The van der Waals surface area contributed by atoms with Gasteiger partial charge in [0.1, 0.15) is 18.5 Å². The van der Waals surface area contributed by atoms with Crippen molar-refractivity contribution in [2.24, 2.45) is 5.16 Å². The van der Waals surface area contributed by atoms with Crippen LogP contribution in [-0.2, 0) is 4.84 Å². The quantitative estimate of drug-likeness (QED) is 0.811. The molecule has 0 radical (unpaired) electrons. The van der Waals surface area contributed by atoms with Gasteiger partial charge in [0.2, 0.25) is 0 Å². The van der Waals surface area contributed by atoms with Crippen LogP contribution in [-0.4, -0.2) is 42.8 Å². The molecule has 0 spiro atoms. The number of para-hydroxylation sites is 1. The lowest BCUT2D eigenvalue weighted by molar-refractivity contribution is 0.0773. The number of carbonyl (C=O) groups is 1. The van der Waals surface area contributed by atoms with Crippen LogP contribution in [0.3, 0.4) is 0 Å². The van der Waals surface area contributed by atoms with Crippen molar-refractivity contribution in [1.29, 1.82) is 0 Å². The van der Waals surface area contributed by atoms with Crippen molar-refractivity contribution in [2.75, 3.05) is 20.2 Å². The molecule has 2 aromatic rings. The number of amides is 1. The van der Waals surface area contributed by atoms with Gasteiger partial charge in [-0.15, -0.1) is 0 Å². The molecule has 0 saturated heterocycles. The summed E-state index contributed by atoms with van der Waals surface area (Å²) < 4.78 is 5.64. The van der Waals surface area contributed by atoms with Gasteiger partial charge < -0.3 is 14.5 Å². The molecule has 0 aromatic heterocycles. The van der Waals surface area contributed by atoms with Crippen molar-refractivity contribution in [2.45, 2.75) is 19.4 Å². The second kappa shape index (κ2) is 7.83. The highest BCUT2D eigenvalue weighted by molar-refractivity contribution is 6.02. The largest absolute Gasteiger partial charge is 0.492 e. The molecular weight excluding hydrogens is 316 g/mol. The lowest BCUT2D eigenvalue weighted by Crippen LogP contribution is -2.30. The Morgan fingerprint density at radius 1 is 1.20 bits per heavy atom. The van der Waals surface area contributed by atoms with Crippen LogP contribution in [0, 0.1) is 0 Å². The third-order valence-corrected chi connectivity index (χ3v) is 4.07. The number of ether oxygens (including phenoxy) is 1. The summed E-state index contributed by atoms with van der Waals surface area (Å²) in [6, 6.07) is 17.1. The molecule has 1 amide bonds. The van der Waals surface area contributed by atoms with Crippen LogP contribution in [0.4, 0.5) is 0 Å². The summed E-state index contributed by atoms with van der Waals surface area (Å²) in [5.74, 6) is 0.780. The van der Waals surface area contributed by atoms with E-state index in [1.807, 2.05) is 61.5 Å².